The Hall–Kier alpha value is -3.58. The molecule has 4 aromatic carbocycles. The van der Waals surface area contributed by atoms with Crippen LogP contribution in [0.3, 0.4) is 0 Å². The largest absolute Gasteiger partial charge is 0.478 e. The van der Waals surface area contributed by atoms with E-state index in [-0.39, 0.29) is 5.56 Å². The van der Waals surface area contributed by atoms with Crippen LogP contribution < -0.4 is 5.32 Å². The van der Waals surface area contributed by atoms with Crippen molar-refractivity contribution in [3.05, 3.63) is 99.5 Å². The number of anilines is 1. The highest BCUT2D eigenvalue weighted by atomic mass is 79.9. The lowest BCUT2D eigenvalue weighted by molar-refractivity contribution is 0.0695. The lowest BCUT2D eigenvalue weighted by atomic mass is 9.91. The minimum absolute atomic E-state index is 0.267. The van der Waals surface area contributed by atoms with Gasteiger partial charge < -0.3 is 10.4 Å². The summed E-state index contributed by atoms with van der Waals surface area (Å²) in [5, 5.41) is 12.7. The summed E-state index contributed by atoms with van der Waals surface area (Å²) in [6, 6.07) is 18.3. The number of carboxylic acids is 1. The molecule has 0 saturated heterocycles. The normalized spacial score (nSPS) is 10.9. The Kier molecular flexibility index (Phi) is 5.76. The molecule has 0 aliphatic heterocycles. The highest BCUT2D eigenvalue weighted by molar-refractivity contribution is 9.10. The molecule has 0 radical (unpaired) electrons. The van der Waals surface area contributed by atoms with Gasteiger partial charge in [-0.25, -0.2) is 13.6 Å². The van der Waals surface area contributed by atoms with E-state index in [2.05, 4.69) is 21.2 Å². The fourth-order valence-corrected chi connectivity index (χ4v) is 4.03. The van der Waals surface area contributed by atoms with Gasteiger partial charge in [-0.1, -0.05) is 52.3 Å². The summed E-state index contributed by atoms with van der Waals surface area (Å²) in [6.45, 7) is 1.78. The van der Waals surface area contributed by atoms with Crippen molar-refractivity contribution >= 4 is 44.3 Å². The molecule has 0 spiro atoms. The van der Waals surface area contributed by atoms with E-state index >= 15 is 0 Å². The molecule has 32 heavy (non-hydrogen) atoms. The third kappa shape index (κ3) is 3.99. The summed E-state index contributed by atoms with van der Waals surface area (Å²) < 4.78 is 29.6. The number of carboxylic acid groups (broad SMARTS) is 1. The van der Waals surface area contributed by atoms with Gasteiger partial charge in [-0.05, 0) is 64.7 Å². The van der Waals surface area contributed by atoms with Crippen LogP contribution in [0, 0.1) is 18.6 Å². The SMILES string of the molecule is Cc1c(-c2ccccc2)cc2ccc(Br)cc2c1C(=O)Nc1c(F)cc(C(=O)O)cc1F. The summed E-state index contributed by atoms with van der Waals surface area (Å²) in [5.41, 5.74) is 1.37. The molecule has 0 aliphatic carbocycles. The van der Waals surface area contributed by atoms with Crippen molar-refractivity contribution in [2.24, 2.45) is 0 Å². The van der Waals surface area contributed by atoms with Crippen LogP contribution in [0.5, 0.6) is 0 Å². The highest BCUT2D eigenvalue weighted by Gasteiger charge is 2.22. The van der Waals surface area contributed by atoms with Crippen molar-refractivity contribution in [3.63, 3.8) is 0 Å². The number of aromatic carboxylic acids is 1. The molecule has 160 valence electrons. The van der Waals surface area contributed by atoms with Gasteiger partial charge in [-0.2, -0.15) is 0 Å². The number of carbonyl (C=O) groups is 2. The first-order valence-corrected chi connectivity index (χ1v) is 10.4. The van der Waals surface area contributed by atoms with Crippen LogP contribution in [-0.2, 0) is 0 Å². The van der Waals surface area contributed by atoms with Crippen LogP contribution in [0.1, 0.15) is 26.3 Å². The third-order valence-electron chi connectivity index (χ3n) is 5.20. The van der Waals surface area contributed by atoms with Crippen LogP contribution in [0.15, 0.2) is 71.2 Å². The Morgan fingerprint density at radius 2 is 1.59 bits per heavy atom. The predicted molar refractivity (Wildman–Crippen MR) is 123 cm³/mol. The zero-order chi connectivity index (χ0) is 23.0. The molecule has 1 amide bonds. The Balaban J connectivity index is 1.88. The minimum Gasteiger partial charge on any atom is -0.478 e. The predicted octanol–water partition coefficient (Wildman–Crippen LogP) is 6.81. The fraction of sp³-hybridized carbons (Fsp3) is 0.0400. The van der Waals surface area contributed by atoms with Crippen LogP contribution in [0.25, 0.3) is 21.9 Å². The number of rotatable bonds is 4. The standard InChI is InChI=1S/C25H16BrF2NO3/c1-13-18(14-5-3-2-4-6-14)9-15-7-8-17(26)12-19(15)22(13)24(30)29-23-20(27)10-16(25(31)32)11-21(23)28/h2-12H,1H3,(H,29,30)(H,31,32). The van der Waals surface area contributed by atoms with E-state index in [1.165, 1.54) is 0 Å². The molecular weight excluding hydrogens is 480 g/mol. The topological polar surface area (TPSA) is 66.4 Å². The average Bonchev–Trinajstić information content (AvgIpc) is 2.76. The summed E-state index contributed by atoms with van der Waals surface area (Å²) >= 11 is 3.41. The number of hydrogen-bond acceptors (Lipinski definition) is 2. The van der Waals surface area contributed by atoms with E-state index in [0.717, 1.165) is 21.0 Å². The van der Waals surface area contributed by atoms with E-state index in [9.17, 15) is 18.4 Å². The summed E-state index contributed by atoms with van der Waals surface area (Å²) in [4.78, 5) is 24.3. The molecule has 0 bridgehead atoms. The van der Waals surface area contributed by atoms with E-state index in [4.69, 9.17) is 5.11 Å². The van der Waals surface area contributed by atoms with Crippen LogP contribution in [-0.4, -0.2) is 17.0 Å². The third-order valence-corrected chi connectivity index (χ3v) is 5.70. The highest BCUT2D eigenvalue weighted by Crippen LogP contribution is 2.34. The number of nitrogens with one attached hydrogen (secondary N) is 1. The lowest BCUT2D eigenvalue weighted by Crippen LogP contribution is -2.17. The van der Waals surface area contributed by atoms with Gasteiger partial charge in [-0.15, -0.1) is 0 Å². The van der Waals surface area contributed by atoms with Gasteiger partial charge in [0, 0.05) is 4.47 Å². The minimum atomic E-state index is -1.47. The lowest BCUT2D eigenvalue weighted by Gasteiger charge is -2.17. The second-order valence-electron chi connectivity index (χ2n) is 7.23. The molecule has 4 nitrogen and oxygen atoms in total. The number of halogens is 3. The van der Waals surface area contributed by atoms with Gasteiger partial charge >= 0.3 is 5.97 Å². The number of carbonyl (C=O) groups excluding carboxylic acids is 1. The quantitative estimate of drug-likeness (QED) is 0.326. The van der Waals surface area contributed by atoms with Crippen molar-refractivity contribution in [1.29, 1.82) is 0 Å². The van der Waals surface area contributed by atoms with E-state index < -0.39 is 34.8 Å². The smallest absolute Gasteiger partial charge is 0.335 e. The summed E-state index contributed by atoms with van der Waals surface area (Å²) in [6.07, 6.45) is 0. The van der Waals surface area contributed by atoms with E-state index in [1.54, 1.807) is 13.0 Å². The Morgan fingerprint density at radius 1 is 0.938 bits per heavy atom. The molecule has 0 heterocycles. The van der Waals surface area contributed by atoms with E-state index in [0.29, 0.717) is 23.1 Å². The Labute approximate surface area is 190 Å². The monoisotopic (exact) mass is 495 g/mol. The van der Waals surface area contributed by atoms with Crippen molar-refractivity contribution in [2.45, 2.75) is 6.92 Å². The zero-order valence-electron chi connectivity index (χ0n) is 16.7. The maximum atomic E-state index is 14.4. The molecule has 0 aliphatic rings. The number of hydrogen-bond donors (Lipinski definition) is 2. The molecule has 7 heteroatoms. The van der Waals surface area contributed by atoms with Crippen LogP contribution in [0.2, 0.25) is 0 Å². The number of benzene rings is 4. The molecule has 4 rings (SSSR count). The van der Waals surface area contributed by atoms with Gasteiger partial charge in [0.2, 0.25) is 0 Å². The van der Waals surface area contributed by atoms with Gasteiger partial charge in [0.25, 0.3) is 5.91 Å². The van der Waals surface area contributed by atoms with Crippen LogP contribution >= 0.6 is 15.9 Å². The average molecular weight is 496 g/mol. The molecule has 0 fully saturated rings. The summed E-state index contributed by atoms with van der Waals surface area (Å²) in [5.74, 6) is -4.51. The van der Waals surface area contributed by atoms with Gasteiger partial charge in [0.1, 0.15) is 5.69 Å². The molecule has 0 unspecified atom stereocenters. The number of fused-ring (bicyclic) bond motifs is 1. The molecular formula is C25H16BrF2NO3. The fourth-order valence-electron chi connectivity index (χ4n) is 3.67. The van der Waals surface area contributed by atoms with Crippen molar-refractivity contribution < 1.29 is 23.5 Å². The molecule has 2 N–H and O–H groups in total. The van der Waals surface area contributed by atoms with Crippen LogP contribution in [0.4, 0.5) is 14.5 Å². The van der Waals surface area contributed by atoms with Gasteiger partial charge in [-0.3, -0.25) is 4.79 Å². The first-order valence-electron chi connectivity index (χ1n) is 9.58. The maximum absolute atomic E-state index is 14.4. The van der Waals surface area contributed by atoms with E-state index in [1.807, 2.05) is 48.5 Å². The second kappa shape index (κ2) is 8.51. The van der Waals surface area contributed by atoms with Crippen molar-refractivity contribution in [1.82, 2.24) is 0 Å². The molecule has 0 atom stereocenters. The van der Waals surface area contributed by atoms with Crippen molar-refractivity contribution in [2.75, 3.05) is 5.32 Å². The first-order chi connectivity index (χ1) is 15.3. The Bertz CT molecular complexity index is 1360. The number of amides is 1. The maximum Gasteiger partial charge on any atom is 0.335 e. The summed E-state index contributed by atoms with van der Waals surface area (Å²) in [7, 11) is 0. The first kappa shape index (κ1) is 21.6. The molecule has 0 aromatic heterocycles. The molecule has 4 aromatic rings. The molecule has 0 saturated carbocycles. The zero-order valence-corrected chi connectivity index (χ0v) is 18.3. The second-order valence-corrected chi connectivity index (χ2v) is 8.15. The Morgan fingerprint density at radius 3 is 2.22 bits per heavy atom. The van der Waals surface area contributed by atoms with Crippen molar-refractivity contribution in [3.8, 4) is 11.1 Å². The van der Waals surface area contributed by atoms with Gasteiger partial charge in [0.05, 0.1) is 11.1 Å². The van der Waals surface area contributed by atoms with Gasteiger partial charge in [0.15, 0.2) is 11.6 Å².